The highest BCUT2D eigenvalue weighted by Gasteiger charge is 2.27. The van der Waals surface area contributed by atoms with Gasteiger partial charge in [-0.05, 0) is 48.1 Å². The molecule has 0 atom stereocenters. The van der Waals surface area contributed by atoms with Gasteiger partial charge in [0.25, 0.3) is 5.91 Å². The summed E-state index contributed by atoms with van der Waals surface area (Å²) in [7, 11) is 1.76. The van der Waals surface area contributed by atoms with Crippen molar-refractivity contribution in [3.8, 4) is 0 Å². The highest BCUT2D eigenvalue weighted by molar-refractivity contribution is 6.35. The van der Waals surface area contributed by atoms with Crippen LogP contribution in [0.25, 0.3) is 0 Å². The number of halogens is 2. The third-order valence-electron chi connectivity index (χ3n) is 5.80. The van der Waals surface area contributed by atoms with Gasteiger partial charge in [0.2, 0.25) is 5.91 Å². The first-order valence-electron chi connectivity index (χ1n) is 11.3. The summed E-state index contributed by atoms with van der Waals surface area (Å²) in [5, 5.41) is 7.51. The first kappa shape index (κ1) is 28.0. The van der Waals surface area contributed by atoms with Gasteiger partial charge in [-0.3, -0.25) is 14.6 Å². The Morgan fingerprint density at radius 2 is 1.71 bits per heavy atom. The van der Waals surface area contributed by atoms with E-state index in [1.54, 1.807) is 35.2 Å². The second-order valence-electron chi connectivity index (χ2n) is 8.85. The number of carbonyl (C=O) groups is 2. The van der Waals surface area contributed by atoms with Crippen molar-refractivity contribution in [2.45, 2.75) is 47.2 Å². The molecule has 1 aliphatic heterocycles. The molecule has 3 rings (SSSR count). The molecule has 0 saturated heterocycles. The molecule has 0 saturated carbocycles. The Bertz CT molecular complexity index is 958. The molecule has 1 heterocycles. The zero-order valence-corrected chi connectivity index (χ0v) is 21.0. The number of amides is 2. The fourth-order valence-electron chi connectivity index (χ4n) is 3.87. The summed E-state index contributed by atoms with van der Waals surface area (Å²) >= 11 is 12.6. The minimum atomic E-state index is -0.154. The standard InChI is InChI=1S/C25H32Cl2N4O2.CH4/c1-18(2)7-6-12-28-24(32)16-30(23-13-21(26)10-11-22(23)27)17-25(33)29(3)31-14-19-8-4-5-9-20(19)15-31;/h4-5,8-11,13,18H,6-7,12,14-17H2,1-3H3,(H,28,32);1H4. The number of likely N-dealkylation sites (N-methyl/N-ethyl adjacent to an activating group) is 1. The Balaban J connectivity index is 0.00000408. The summed E-state index contributed by atoms with van der Waals surface area (Å²) in [5.74, 6) is 0.304. The van der Waals surface area contributed by atoms with Crippen molar-refractivity contribution in [1.29, 1.82) is 0 Å². The van der Waals surface area contributed by atoms with E-state index in [4.69, 9.17) is 23.2 Å². The molecule has 2 aromatic carbocycles. The number of carbonyl (C=O) groups excluding carboxylic acids is 2. The van der Waals surface area contributed by atoms with Crippen LogP contribution in [0.1, 0.15) is 45.2 Å². The van der Waals surface area contributed by atoms with Crippen LogP contribution in [0.4, 0.5) is 5.69 Å². The summed E-state index contributed by atoms with van der Waals surface area (Å²) in [4.78, 5) is 27.6. The average Bonchev–Trinajstić information content (AvgIpc) is 3.21. The molecular weight excluding hydrogens is 471 g/mol. The number of anilines is 1. The van der Waals surface area contributed by atoms with Gasteiger partial charge < -0.3 is 10.2 Å². The van der Waals surface area contributed by atoms with Crippen LogP contribution in [0.3, 0.4) is 0 Å². The van der Waals surface area contributed by atoms with Crippen LogP contribution in [-0.2, 0) is 22.7 Å². The Morgan fingerprint density at radius 3 is 2.32 bits per heavy atom. The van der Waals surface area contributed by atoms with Gasteiger partial charge >= 0.3 is 0 Å². The number of fused-ring (bicyclic) bond motifs is 1. The van der Waals surface area contributed by atoms with Gasteiger partial charge in [0.05, 0.1) is 23.8 Å². The van der Waals surface area contributed by atoms with Crippen LogP contribution in [0, 0.1) is 5.92 Å². The van der Waals surface area contributed by atoms with Gasteiger partial charge in [-0.1, -0.05) is 68.7 Å². The van der Waals surface area contributed by atoms with Crippen molar-refractivity contribution < 1.29 is 9.59 Å². The van der Waals surface area contributed by atoms with Crippen molar-refractivity contribution in [1.82, 2.24) is 15.3 Å². The summed E-state index contributed by atoms with van der Waals surface area (Å²) in [6.45, 7) is 6.29. The van der Waals surface area contributed by atoms with Crippen molar-refractivity contribution in [2.75, 3.05) is 31.6 Å². The largest absolute Gasteiger partial charge is 0.355 e. The maximum atomic E-state index is 13.2. The van der Waals surface area contributed by atoms with Crippen LogP contribution >= 0.6 is 23.2 Å². The molecule has 6 nitrogen and oxygen atoms in total. The van der Waals surface area contributed by atoms with Gasteiger partial charge in [0.1, 0.15) is 0 Å². The van der Waals surface area contributed by atoms with E-state index < -0.39 is 0 Å². The Hall–Kier alpha value is -2.28. The van der Waals surface area contributed by atoms with Crippen LogP contribution in [0.5, 0.6) is 0 Å². The van der Waals surface area contributed by atoms with Crippen molar-refractivity contribution in [3.05, 3.63) is 63.6 Å². The lowest BCUT2D eigenvalue weighted by Crippen LogP contribution is -2.48. The third kappa shape index (κ3) is 7.62. The predicted molar refractivity (Wildman–Crippen MR) is 141 cm³/mol. The van der Waals surface area contributed by atoms with Crippen molar-refractivity contribution in [2.24, 2.45) is 5.92 Å². The maximum absolute atomic E-state index is 13.2. The summed E-state index contributed by atoms with van der Waals surface area (Å²) in [6.07, 6.45) is 1.96. The minimum absolute atomic E-state index is 0. The number of hydrogen-bond acceptors (Lipinski definition) is 4. The SMILES string of the molecule is C.CC(C)CCCNC(=O)CN(CC(=O)N(C)N1Cc2ccccc2C1)c1cc(Cl)ccc1Cl. The summed E-state index contributed by atoms with van der Waals surface area (Å²) < 4.78 is 0. The van der Waals surface area contributed by atoms with Crippen molar-refractivity contribution >= 4 is 40.7 Å². The Morgan fingerprint density at radius 1 is 1.06 bits per heavy atom. The molecule has 2 aromatic rings. The van der Waals surface area contributed by atoms with E-state index in [9.17, 15) is 9.59 Å². The van der Waals surface area contributed by atoms with E-state index in [0.717, 1.165) is 12.8 Å². The monoisotopic (exact) mass is 506 g/mol. The van der Waals surface area contributed by atoms with Crippen LogP contribution in [-0.4, -0.2) is 48.5 Å². The Kier molecular flexibility index (Phi) is 10.7. The molecule has 1 aliphatic rings. The minimum Gasteiger partial charge on any atom is -0.355 e. The topological polar surface area (TPSA) is 55.9 Å². The zero-order valence-electron chi connectivity index (χ0n) is 19.5. The second kappa shape index (κ2) is 13.0. The van der Waals surface area contributed by atoms with Crippen LogP contribution < -0.4 is 10.2 Å². The Labute approximate surface area is 213 Å². The van der Waals surface area contributed by atoms with Crippen LogP contribution in [0.15, 0.2) is 42.5 Å². The van der Waals surface area contributed by atoms with Gasteiger partial charge in [0, 0.05) is 31.7 Å². The van der Waals surface area contributed by atoms with E-state index in [1.165, 1.54) is 11.1 Å². The van der Waals surface area contributed by atoms with Gasteiger partial charge in [0.15, 0.2) is 0 Å². The number of nitrogens with one attached hydrogen (secondary N) is 1. The zero-order chi connectivity index (χ0) is 24.0. The lowest BCUT2D eigenvalue weighted by Gasteiger charge is -2.31. The lowest BCUT2D eigenvalue weighted by atomic mass is 10.1. The number of benzene rings is 2. The molecule has 1 N–H and O–H groups in total. The molecule has 0 spiro atoms. The second-order valence-corrected chi connectivity index (χ2v) is 9.69. The number of nitrogens with zero attached hydrogens (tertiary/aromatic N) is 3. The molecule has 8 heteroatoms. The fraction of sp³-hybridized carbons (Fsp3) is 0.462. The third-order valence-corrected chi connectivity index (χ3v) is 6.35. The first-order valence-corrected chi connectivity index (χ1v) is 12.0. The molecule has 0 aromatic heterocycles. The van der Waals surface area contributed by atoms with Gasteiger partial charge in [-0.25, -0.2) is 5.01 Å². The van der Waals surface area contributed by atoms with Gasteiger partial charge in [-0.15, -0.1) is 0 Å². The fourth-order valence-corrected chi connectivity index (χ4v) is 4.28. The lowest BCUT2D eigenvalue weighted by molar-refractivity contribution is -0.145. The highest BCUT2D eigenvalue weighted by atomic mass is 35.5. The molecule has 2 amide bonds. The molecule has 34 heavy (non-hydrogen) atoms. The number of hydrazine groups is 1. The van der Waals surface area contributed by atoms with E-state index >= 15 is 0 Å². The first-order chi connectivity index (χ1) is 15.7. The highest BCUT2D eigenvalue weighted by Crippen LogP contribution is 2.29. The quantitative estimate of drug-likeness (QED) is 0.439. The molecular formula is C26H36Cl2N4O2. The van der Waals surface area contributed by atoms with Crippen molar-refractivity contribution in [3.63, 3.8) is 0 Å². The van der Waals surface area contributed by atoms with E-state index in [0.29, 0.717) is 41.3 Å². The average molecular weight is 508 g/mol. The molecule has 0 unspecified atom stereocenters. The summed E-state index contributed by atoms with van der Waals surface area (Å²) in [5.41, 5.74) is 2.99. The normalized spacial score (nSPS) is 12.8. The number of rotatable bonds is 10. The van der Waals surface area contributed by atoms with Gasteiger partial charge in [-0.2, -0.15) is 0 Å². The molecule has 0 radical (unpaired) electrons. The predicted octanol–water partition coefficient (Wildman–Crippen LogP) is 5.38. The molecule has 186 valence electrons. The molecule has 0 fully saturated rings. The van der Waals surface area contributed by atoms with Crippen LogP contribution in [0.2, 0.25) is 10.0 Å². The molecule has 0 aliphatic carbocycles. The summed E-state index contributed by atoms with van der Waals surface area (Å²) in [6, 6.07) is 13.2. The molecule has 0 bridgehead atoms. The van der Waals surface area contributed by atoms with E-state index in [-0.39, 0.29) is 32.3 Å². The van der Waals surface area contributed by atoms with E-state index in [2.05, 4.69) is 31.3 Å². The number of hydrogen-bond donors (Lipinski definition) is 1. The smallest absolute Gasteiger partial charge is 0.256 e. The maximum Gasteiger partial charge on any atom is 0.256 e. The van der Waals surface area contributed by atoms with E-state index in [1.807, 2.05) is 17.1 Å².